The quantitative estimate of drug-likeness (QED) is 0.684. The number of primary sulfonamides is 1. The van der Waals surface area contributed by atoms with E-state index in [-0.39, 0.29) is 11.5 Å². The van der Waals surface area contributed by atoms with Gasteiger partial charge in [-0.2, -0.15) is 0 Å². The number of sulfonamides is 1. The first-order valence-corrected chi connectivity index (χ1v) is 7.44. The van der Waals surface area contributed by atoms with Crippen LogP contribution < -0.4 is 9.88 Å². The van der Waals surface area contributed by atoms with Crippen molar-refractivity contribution in [1.29, 1.82) is 0 Å². The average molecular weight is 329 g/mol. The Morgan fingerprint density at radius 2 is 1.90 bits per heavy atom. The van der Waals surface area contributed by atoms with E-state index in [1.54, 1.807) is 18.2 Å². The van der Waals surface area contributed by atoms with Crippen LogP contribution in [0.15, 0.2) is 47.4 Å². The smallest absolute Gasteiger partial charge is 0.271 e. The first-order valence-electron chi connectivity index (χ1n) is 5.52. The summed E-state index contributed by atoms with van der Waals surface area (Å²) in [4.78, 5) is 9.51. The van der Waals surface area contributed by atoms with Crippen molar-refractivity contribution in [2.45, 2.75) is 4.90 Å². The molecule has 0 aliphatic rings. The fourth-order valence-corrected chi connectivity index (χ4v) is 2.43. The number of benzene rings is 2. The van der Waals surface area contributed by atoms with Crippen LogP contribution in [0, 0.1) is 10.1 Å². The third-order valence-electron chi connectivity index (χ3n) is 2.47. The van der Waals surface area contributed by atoms with Gasteiger partial charge in [-0.3, -0.25) is 10.1 Å². The molecule has 0 atom stereocenters. The number of nitrogens with zero attached hydrogens (tertiary/aromatic N) is 1. The number of nitro groups is 1. The SMILES string of the molecule is NS(=O)(=O)c1cc([N+](=O)[O-])ccc1Oc1cccc(Cl)c1. The highest BCUT2D eigenvalue weighted by atomic mass is 35.5. The Morgan fingerprint density at radius 3 is 2.48 bits per heavy atom. The summed E-state index contributed by atoms with van der Waals surface area (Å²) >= 11 is 5.80. The van der Waals surface area contributed by atoms with Crippen molar-refractivity contribution >= 4 is 27.3 Å². The number of ether oxygens (including phenoxy) is 1. The Kier molecular flexibility index (Phi) is 4.12. The van der Waals surface area contributed by atoms with Crippen LogP contribution in [0.4, 0.5) is 5.69 Å². The molecule has 9 heteroatoms. The fourth-order valence-electron chi connectivity index (χ4n) is 1.57. The van der Waals surface area contributed by atoms with Gasteiger partial charge in [0.2, 0.25) is 10.0 Å². The minimum atomic E-state index is -4.18. The monoisotopic (exact) mass is 328 g/mol. The summed E-state index contributed by atoms with van der Waals surface area (Å²) in [6.45, 7) is 0. The van der Waals surface area contributed by atoms with E-state index in [2.05, 4.69) is 0 Å². The van der Waals surface area contributed by atoms with Gasteiger partial charge in [0.25, 0.3) is 5.69 Å². The molecule has 7 nitrogen and oxygen atoms in total. The summed E-state index contributed by atoms with van der Waals surface area (Å²) in [7, 11) is -4.18. The van der Waals surface area contributed by atoms with Crippen LogP contribution in [0.1, 0.15) is 0 Å². The molecule has 0 spiro atoms. The minimum absolute atomic E-state index is 0.120. The highest BCUT2D eigenvalue weighted by Gasteiger charge is 2.20. The second-order valence-corrected chi connectivity index (χ2v) is 5.96. The highest BCUT2D eigenvalue weighted by Crippen LogP contribution is 2.32. The predicted molar refractivity (Wildman–Crippen MR) is 76.0 cm³/mol. The molecule has 0 amide bonds. The summed E-state index contributed by atoms with van der Waals surface area (Å²) in [5.74, 6) is 0.159. The van der Waals surface area contributed by atoms with Gasteiger partial charge < -0.3 is 4.74 Å². The summed E-state index contributed by atoms with van der Waals surface area (Å²) in [6, 6.07) is 9.38. The predicted octanol–water partition coefficient (Wildman–Crippen LogP) is 2.69. The molecule has 0 bridgehead atoms. The molecule has 0 saturated carbocycles. The van der Waals surface area contributed by atoms with Gasteiger partial charge in [-0.15, -0.1) is 0 Å². The van der Waals surface area contributed by atoms with Gasteiger partial charge in [-0.25, -0.2) is 13.6 Å². The zero-order valence-electron chi connectivity index (χ0n) is 10.4. The van der Waals surface area contributed by atoms with Crippen LogP contribution in [0.5, 0.6) is 11.5 Å². The lowest BCUT2D eigenvalue weighted by Crippen LogP contribution is -2.13. The van der Waals surface area contributed by atoms with Gasteiger partial charge in [0.05, 0.1) is 4.92 Å². The van der Waals surface area contributed by atoms with Crippen LogP contribution in [0.3, 0.4) is 0 Å². The molecule has 0 aliphatic carbocycles. The second-order valence-electron chi connectivity index (χ2n) is 3.99. The molecular formula is C12H9ClN2O5S. The van der Waals surface area contributed by atoms with Gasteiger partial charge in [0.15, 0.2) is 0 Å². The molecule has 0 saturated heterocycles. The third kappa shape index (κ3) is 3.69. The average Bonchev–Trinajstić information content (AvgIpc) is 2.37. The summed E-state index contributed by atoms with van der Waals surface area (Å²) in [6.07, 6.45) is 0. The lowest BCUT2D eigenvalue weighted by Gasteiger charge is -2.09. The molecular weight excluding hydrogens is 320 g/mol. The van der Waals surface area contributed by atoms with E-state index >= 15 is 0 Å². The van der Waals surface area contributed by atoms with Crippen LogP contribution in [-0.4, -0.2) is 13.3 Å². The van der Waals surface area contributed by atoms with Crippen molar-refractivity contribution in [2.75, 3.05) is 0 Å². The Balaban J connectivity index is 2.51. The first kappa shape index (κ1) is 15.2. The van der Waals surface area contributed by atoms with E-state index < -0.39 is 25.5 Å². The molecule has 0 aromatic heterocycles. The largest absolute Gasteiger partial charge is 0.456 e. The van der Waals surface area contributed by atoms with Crippen LogP contribution in [-0.2, 0) is 10.0 Å². The maximum absolute atomic E-state index is 11.5. The van der Waals surface area contributed by atoms with Crippen LogP contribution in [0.25, 0.3) is 0 Å². The van der Waals surface area contributed by atoms with Crippen molar-refractivity contribution in [1.82, 2.24) is 0 Å². The number of nitro benzene ring substituents is 1. The van der Waals surface area contributed by atoms with E-state index in [0.717, 1.165) is 12.1 Å². The lowest BCUT2D eigenvalue weighted by molar-refractivity contribution is -0.385. The van der Waals surface area contributed by atoms with Gasteiger partial charge in [-0.05, 0) is 24.3 Å². The van der Waals surface area contributed by atoms with Gasteiger partial charge in [0, 0.05) is 17.2 Å². The standard InChI is InChI=1S/C12H9ClN2O5S/c13-8-2-1-3-10(6-8)20-11-5-4-9(15(16)17)7-12(11)21(14,18)19/h1-7H,(H2,14,18,19). The van der Waals surface area contributed by atoms with Crippen LogP contribution >= 0.6 is 11.6 Å². The summed E-state index contributed by atoms with van der Waals surface area (Å²) < 4.78 is 28.5. The topological polar surface area (TPSA) is 113 Å². The number of halogens is 1. The molecule has 0 heterocycles. The van der Waals surface area contributed by atoms with Crippen molar-refractivity contribution < 1.29 is 18.1 Å². The normalized spacial score (nSPS) is 11.1. The molecule has 21 heavy (non-hydrogen) atoms. The van der Waals surface area contributed by atoms with E-state index in [0.29, 0.717) is 5.02 Å². The minimum Gasteiger partial charge on any atom is -0.456 e. The molecule has 2 aromatic carbocycles. The zero-order valence-corrected chi connectivity index (χ0v) is 12.0. The Hall–Kier alpha value is -2.16. The summed E-state index contributed by atoms with van der Waals surface area (Å²) in [5, 5.41) is 16.2. The van der Waals surface area contributed by atoms with Crippen molar-refractivity contribution in [3.63, 3.8) is 0 Å². The third-order valence-corrected chi connectivity index (χ3v) is 3.64. The van der Waals surface area contributed by atoms with E-state index in [9.17, 15) is 18.5 Å². The van der Waals surface area contributed by atoms with Crippen molar-refractivity contribution in [2.24, 2.45) is 5.14 Å². The van der Waals surface area contributed by atoms with E-state index in [4.69, 9.17) is 21.5 Å². The Morgan fingerprint density at radius 1 is 1.19 bits per heavy atom. The molecule has 0 aliphatic heterocycles. The lowest BCUT2D eigenvalue weighted by atomic mass is 10.3. The van der Waals surface area contributed by atoms with E-state index in [1.807, 2.05) is 0 Å². The maximum atomic E-state index is 11.5. The Bertz CT molecular complexity index is 807. The molecule has 2 aromatic rings. The fraction of sp³-hybridized carbons (Fsp3) is 0. The number of rotatable bonds is 4. The van der Waals surface area contributed by atoms with Gasteiger partial charge >= 0.3 is 0 Å². The summed E-state index contributed by atoms with van der Waals surface area (Å²) in [5.41, 5.74) is -0.405. The number of hydrogen-bond donors (Lipinski definition) is 1. The maximum Gasteiger partial charge on any atom is 0.271 e. The molecule has 0 unspecified atom stereocenters. The molecule has 2 N–H and O–H groups in total. The first-order chi connectivity index (χ1) is 9.77. The molecule has 110 valence electrons. The highest BCUT2D eigenvalue weighted by molar-refractivity contribution is 7.89. The van der Waals surface area contributed by atoms with Crippen LogP contribution in [0.2, 0.25) is 5.02 Å². The zero-order chi connectivity index (χ0) is 15.6. The number of non-ortho nitro benzene ring substituents is 1. The second kappa shape index (κ2) is 5.68. The van der Waals surface area contributed by atoms with Gasteiger partial charge in [-0.1, -0.05) is 17.7 Å². The van der Waals surface area contributed by atoms with Crippen molar-refractivity contribution in [3.05, 3.63) is 57.6 Å². The molecule has 0 fully saturated rings. The molecule has 0 radical (unpaired) electrons. The van der Waals surface area contributed by atoms with Crippen molar-refractivity contribution in [3.8, 4) is 11.5 Å². The number of nitrogens with two attached hydrogens (primary N) is 1. The number of hydrogen-bond acceptors (Lipinski definition) is 5. The molecule has 2 rings (SSSR count). The van der Waals surface area contributed by atoms with E-state index in [1.165, 1.54) is 12.1 Å². The Labute approximate surface area is 125 Å². The van der Waals surface area contributed by atoms with Gasteiger partial charge in [0.1, 0.15) is 16.4 Å².